The van der Waals surface area contributed by atoms with E-state index < -0.39 is 13.7 Å². The number of nitrogens with zero attached hydrogens (tertiary/aromatic N) is 1. The Morgan fingerprint density at radius 3 is 2.35 bits per heavy atom. The summed E-state index contributed by atoms with van der Waals surface area (Å²) in [6.07, 6.45) is 0.790. The standard InChI is InChI=1S/C10H18NO5P/c1-3-15-17(14,16-4-2)6-5-9-7-11(8-9)10(12)13/h5-6,9H,3-4,7-8H2,1-2H3,(H,12,13). The predicted octanol–water partition coefficient (Wildman–Crippen LogP) is 2.38. The molecule has 1 saturated heterocycles. The first-order chi connectivity index (χ1) is 8.00. The number of amides is 1. The van der Waals surface area contributed by atoms with E-state index in [1.165, 1.54) is 10.7 Å². The van der Waals surface area contributed by atoms with Gasteiger partial charge in [-0.3, -0.25) is 4.57 Å². The largest absolute Gasteiger partial charge is 0.465 e. The molecule has 0 unspecified atom stereocenters. The first-order valence-corrected chi connectivity index (χ1v) is 7.18. The van der Waals surface area contributed by atoms with E-state index in [0.29, 0.717) is 26.3 Å². The quantitative estimate of drug-likeness (QED) is 0.744. The summed E-state index contributed by atoms with van der Waals surface area (Å²) in [5, 5.41) is 8.65. The molecule has 0 aliphatic carbocycles. The number of likely N-dealkylation sites (tertiary alicyclic amines) is 1. The van der Waals surface area contributed by atoms with Gasteiger partial charge in [-0.05, 0) is 13.8 Å². The van der Waals surface area contributed by atoms with Gasteiger partial charge in [0.1, 0.15) is 0 Å². The van der Waals surface area contributed by atoms with Crippen LogP contribution in [0.1, 0.15) is 13.8 Å². The lowest BCUT2D eigenvalue weighted by Gasteiger charge is -2.35. The van der Waals surface area contributed by atoms with Gasteiger partial charge in [0.15, 0.2) is 0 Å². The second-order valence-corrected chi connectivity index (χ2v) is 5.56. The van der Waals surface area contributed by atoms with Gasteiger partial charge in [-0.1, -0.05) is 6.08 Å². The van der Waals surface area contributed by atoms with Crippen molar-refractivity contribution in [2.24, 2.45) is 5.92 Å². The number of hydrogen-bond acceptors (Lipinski definition) is 4. The van der Waals surface area contributed by atoms with Gasteiger partial charge in [-0.25, -0.2) is 4.79 Å². The Morgan fingerprint density at radius 1 is 1.41 bits per heavy atom. The van der Waals surface area contributed by atoms with Crippen LogP contribution in [0, 0.1) is 5.92 Å². The topological polar surface area (TPSA) is 76.1 Å². The van der Waals surface area contributed by atoms with Crippen LogP contribution >= 0.6 is 7.60 Å². The van der Waals surface area contributed by atoms with Crippen LogP contribution in [0.15, 0.2) is 11.9 Å². The number of carboxylic acid groups (broad SMARTS) is 1. The Kier molecular flexibility index (Phi) is 5.18. The molecule has 98 valence electrons. The van der Waals surface area contributed by atoms with Gasteiger partial charge in [-0.2, -0.15) is 0 Å². The van der Waals surface area contributed by atoms with Crippen LogP contribution in [0.25, 0.3) is 0 Å². The van der Waals surface area contributed by atoms with Crippen molar-refractivity contribution in [2.75, 3.05) is 26.3 Å². The molecule has 1 aliphatic heterocycles. The second-order valence-electron chi connectivity index (χ2n) is 3.66. The van der Waals surface area contributed by atoms with E-state index in [-0.39, 0.29) is 5.92 Å². The van der Waals surface area contributed by atoms with Crippen molar-refractivity contribution in [3.63, 3.8) is 0 Å². The van der Waals surface area contributed by atoms with Crippen molar-refractivity contribution in [3.05, 3.63) is 11.9 Å². The summed E-state index contributed by atoms with van der Waals surface area (Å²) in [4.78, 5) is 11.8. The molecule has 1 heterocycles. The van der Waals surface area contributed by atoms with Gasteiger partial charge in [0.05, 0.1) is 13.2 Å². The van der Waals surface area contributed by atoms with E-state index in [1.54, 1.807) is 19.9 Å². The van der Waals surface area contributed by atoms with Gasteiger partial charge < -0.3 is 19.1 Å². The maximum absolute atomic E-state index is 12.0. The maximum Gasteiger partial charge on any atom is 0.407 e. The van der Waals surface area contributed by atoms with E-state index in [9.17, 15) is 9.36 Å². The predicted molar refractivity (Wildman–Crippen MR) is 63.1 cm³/mol. The molecule has 0 aromatic heterocycles. The molecule has 0 aromatic rings. The molecule has 1 rings (SSSR count). The normalized spacial score (nSPS) is 17.4. The summed E-state index contributed by atoms with van der Waals surface area (Å²) in [7, 11) is -3.14. The first-order valence-electron chi connectivity index (χ1n) is 5.56. The fourth-order valence-corrected chi connectivity index (χ4v) is 2.92. The second kappa shape index (κ2) is 6.19. The van der Waals surface area contributed by atoms with Crippen LogP contribution in [0.3, 0.4) is 0 Å². The summed E-state index contributed by atoms with van der Waals surface area (Å²) in [5.74, 6) is 1.53. The molecule has 0 saturated carbocycles. The van der Waals surface area contributed by atoms with Gasteiger partial charge in [0.2, 0.25) is 0 Å². The highest BCUT2D eigenvalue weighted by molar-refractivity contribution is 7.57. The molecule has 0 aromatic carbocycles. The van der Waals surface area contributed by atoms with E-state index in [4.69, 9.17) is 14.2 Å². The van der Waals surface area contributed by atoms with Crippen LogP contribution in [0.4, 0.5) is 4.79 Å². The van der Waals surface area contributed by atoms with Gasteiger partial charge in [-0.15, -0.1) is 0 Å². The zero-order chi connectivity index (χ0) is 12.9. The molecule has 1 amide bonds. The summed E-state index contributed by atoms with van der Waals surface area (Å²) in [6, 6.07) is 0. The average Bonchev–Trinajstić information content (AvgIpc) is 2.15. The summed E-state index contributed by atoms with van der Waals surface area (Å²) >= 11 is 0. The Bertz CT molecular complexity index is 328. The van der Waals surface area contributed by atoms with E-state index >= 15 is 0 Å². The fourth-order valence-electron chi connectivity index (χ4n) is 1.50. The van der Waals surface area contributed by atoms with Crippen LogP contribution in [-0.2, 0) is 13.6 Å². The maximum atomic E-state index is 12.0. The number of carbonyl (C=O) groups is 1. The summed E-state index contributed by atoms with van der Waals surface area (Å²) in [5.41, 5.74) is 0. The van der Waals surface area contributed by atoms with Crippen LogP contribution in [-0.4, -0.2) is 42.4 Å². The zero-order valence-corrected chi connectivity index (χ0v) is 10.9. The third-order valence-corrected chi connectivity index (χ3v) is 4.11. The smallest absolute Gasteiger partial charge is 0.407 e. The van der Waals surface area contributed by atoms with Crippen molar-refractivity contribution in [1.29, 1.82) is 0 Å². The van der Waals surface area contributed by atoms with Gasteiger partial charge in [0, 0.05) is 24.8 Å². The molecule has 6 nitrogen and oxygen atoms in total. The van der Waals surface area contributed by atoms with Crippen LogP contribution < -0.4 is 0 Å². The highest BCUT2D eigenvalue weighted by Crippen LogP contribution is 2.50. The average molecular weight is 263 g/mol. The molecule has 7 heteroatoms. The van der Waals surface area contributed by atoms with Gasteiger partial charge >= 0.3 is 13.7 Å². The zero-order valence-electron chi connectivity index (χ0n) is 10.0. The number of rotatable bonds is 6. The van der Waals surface area contributed by atoms with Crippen molar-refractivity contribution in [2.45, 2.75) is 13.8 Å². The molecule has 0 bridgehead atoms. The fraction of sp³-hybridized carbons (Fsp3) is 0.700. The lowest BCUT2D eigenvalue weighted by atomic mass is 10.0. The SMILES string of the molecule is CCOP(=O)(C=CC1CN(C(=O)O)C1)OCC. The van der Waals surface area contributed by atoms with Crippen molar-refractivity contribution in [3.8, 4) is 0 Å². The molecule has 0 radical (unpaired) electrons. The van der Waals surface area contributed by atoms with Crippen LogP contribution in [0.2, 0.25) is 0 Å². The van der Waals surface area contributed by atoms with Crippen molar-refractivity contribution in [1.82, 2.24) is 4.90 Å². The van der Waals surface area contributed by atoms with E-state index in [1.807, 2.05) is 0 Å². The Morgan fingerprint density at radius 2 is 1.94 bits per heavy atom. The highest BCUT2D eigenvalue weighted by Gasteiger charge is 2.29. The Labute approximate surface area is 101 Å². The van der Waals surface area contributed by atoms with E-state index in [0.717, 1.165) is 0 Å². The minimum absolute atomic E-state index is 0.0975. The lowest BCUT2D eigenvalue weighted by Crippen LogP contribution is -2.48. The Balaban J connectivity index is 2.46. The summed E-state index contributed by atoms with van der Waals surface area (Å²) < 4.78 is 22.2. The van der Waals surface area contributed by atoms with Crippen molar-refractivity contribution < 1.29 is 23.5 Å². The highest BCUT2D eigenvalue weighted by atomic mass is 31.2. The van der Waals surface area contributed by atoms with Gasteiger partial charge in [0.25, 0.3) is 0 Å². The molecule has 0 spiro atoms. The third-order valence-electron chi connectivity index (χ3n) is 2.34. The molecule has 1 N–H and O–H groups in total. The Hall–Kier alpha value is -0.840. The molecule has 1 fully saturated rings. The summed E-state index contributed by atoms with van der Waals surface area (Å²) in [6.45, 7) is 4.99. The monoisotopic (exact) mass is 263 g/mol. The lowest BCUT2D eigenvalue weighted by molar-refractivity contribution is 0.0973. The minimum Gasteiger partial charge on any atom is -0.465 e. The molecule has 0 atom stereocenters. The molecule has 1 aliphatic rings. The van der Waals surface area contributed by atoms with E-state index in [2.05, 4.69) is 0 Å². The first kappa shape index (κ1) is 14.2. The molecular formula is C10H18NO5P. The van der Waals surface area contributed by atoms with Crippen LogP contribution in [0.5, 0.6) is 0 Å². The minimum atomic E-state index is -3.14. The number of hydrogen-bond donors (Lipinski definition) is 1. The van der Waals surface area contributed by atoms with Crippen molar-refractivity contribution >= 4 is 13.7 Å². The third kappa shape index (κ3) is 4.15. The molecular weight excluding hydrogens is 245 g/mol. The molecule has 17 heavy (non-hydrogen) atoms.